The predicted molar refractivity (Wildman–Crippen MR) is 141 cm³/mol. The highest BCUT2D eigenvalue weighted by Gasteiger charge is 2.54. The van der Waals surface area contributed by atoms with Crippen LogP contribution in [0.1, 0.15) is 51.2 Å². The Kier molecular flexibility index (Phi) is 7.75. The number of aromatic amines is 1. The number of amides is 1. The Morgan fingerprint density at radius 1 is 1.14 bits per heavy atom. The Bertz CT molecular complexity index is 1250. The monoisotopic (exact) mass is 508 g/mol. The average molecular weight is 509 g/mol. The summed E-state index contributed by atoms with van der Waals surface area (Å²) >= 11 is 0. The van der Waals surface area contributed by atoms with E-state index in [2.05, 4.69) is 15.7 Å². The number of carboxylic acids is 1. The molecule has 2 heterocycles. The first-order valence-electron chi connectivity index (χ1n) is 12.5. The Labute approximate surface area is 217 Å². The van der Waals surface area contributed by atoms with E-state index in [4.69, 9.17) is 9.47 Å². The van der Waals surface area contributed by atoms with Crippen molar-refractivity contribution < 1.29 is 24.2 Å². The summed E-state index contributed by atoms with van der Waals surface area (Å²) < 4.78 is 11.0. The summed E-state index contributed by atoms with van der Waals surface area (Å²) in [6.07, 6.45) is 1.83. The van der Waals surface area contributed by atoms with Crippen molar-refractivity contribution >= 4 is 23.0 Å². The van der Waals surface area contributed by atoms with Crippen LogP contribution >= 0.6 is 0 Å². The average Bonchev–Trinajstić information content (AvgIpc) is 3.35. The highest BCUT2D eigenvalue weighted by Crippen LogP contribution is 2.34. The molecule has 9 nitrogen and oxygen atoms in total. The fourth-order valence-electron chi connectivity index (χ4n) is 4.80. The number of carboxylic acid groups (broad SMARTS) is 1. The number of hydrogen-bond acceptors (Lipinski definition) is 6. The Hall–Kier alpha value is -3.56. The quantitative estimate of drug-likeness (QED) is 0.237. The molecule has 1 aliphatic heterocycles. The van der Waals surface area contributed by atoms with Crippen molar-refractivity contribution in [2.45, 2.75) is 70.3 Å². The van der Waals surface area contributed by atoms with Crippen LogP contribution in [-0.2, 0) is 16.0 Å². The first kappa shape index (κ1) is 26.5. The molecule has 5 atom stereocenters. The van der Waals surface area contributed by atoms with Gasteiger partial charge in [-0.1, -0.05) is 43.3 Å². The summed E-state index contributed by atoms with van der Waals surface area (Å²) in [5, 5.41) is 15.6. The minimum absolute atomic E-state index is 0.00104. The molecule has 1 aromatic heterocycles. The molecule has 0 saturated carbocycles. The minimum atomic E-state index is -0.911. The van der Waals surface area contributed by atoms with E-state index in [-0.39, 0.29) is 12.0 Å². The number of carbonyl (C=O) groups is 2. The third-order valence-electron chi connectivity index (χ3n) is 6.54. The van der Waals surface area contributed by atoms with Crippen LogP contribution in [0.5, 0.6) is 5.75 Å². The minimum Gasteiger partial charge on any atom is -0.496 e. The Morgan fingerprint density at radius 2 is 1.84 bits per heavy atom. The van der Waals surface area contributed by atoms with Gasteiger partial charge in [0.2, 0.25) is 0 Å². The molecule has 0 bridgehead atoms. The number of aromatic nitrogens is 1. The van der Waals surface area contributed by atoms with E-state index < -0.39 is 29.9 Å². The van der Waals surface area contributed by atoms with Gasteiger partial charge in [0.15, 0.2) is 0 Å². The normalized spacial score (nSPS) is 20.7. The molecule has 1 fully saturated rings. The van der Waals surface area contributed by atoms with Crippen molar-refractivity contribution in [3.05, 3.63) is 65.9 Å². The van der Waals surface area contributed by atoms with Gasteiger partial charge in [0.1, 0.15) is 17.4 Å². The highest BCUT2D eigenvalue weighted by molar-refractivity contribution is 5.84. The Balaban J connectivity index is 1.52. The molecular weight excluding hydrogens is 472 g/mol. The van der Waals surface area contributed by atoms with Gasteiger partial charge in [0, 0.05) is 17.1 Å². The van der Waals surface area contributed by atoms with Gasteiger partial charge >= 0.3 is 12.1 Å². The van der Waals surface area contributed by atoms with Gasteiger partial charge in [-0.05, 0) is 62.8 Å². The van der Waals surface area contributed by atoms with Crippen molar-refractivity contribution in [3.63, 3.8) is 0 Å². The lowest BCUT2D eigenvalue weighted by Gasteiger charge is -2.27. The summed E-state index contributed by atoms with van der Waals surface area (Å²) in [5.74, 6) is -0.150. The lowest BCUT2D eigenvalue weighted by molar-refractivity contribution is -0.137. The number of carbonyl (C=O) groups excluding carboxylic acids is 1. The second-order valence-electron chi connectivity index (χ2n) is 10.5. The summed E-state index contributed by atoms with van der Waals surface area (Å²) in [4.78, 5) is 28.0. The predicted octanol–water partition coefficient (Wildman–Crippen LogP) is 4.41. The van der Waals surface area contributed by atoms with E-state index in [0.717, 1.165) is 27.8 Å². The molecule has 37 heavy (non-hydrogen) atoms. The lowest BCUT2D eigenvalue weighted by Crippen LogP contribution is -2.50. The maximum atomic E-state index is 12.7. The zero-order chi connectivity index (χ0) is 26.7. The largest absolute Gasteiger partial charge is 0.496 e. The van der Waals surface area contributed by atoms with Crippen molar-refractivity contribution in [3.8, 4) is 5.75 Å². The number of ether oxygens (including phenoxy) is 2. The number of para-hydroxylation sites is 2. The number of alkyl carbamates (subject to hydrolysis) is 1. The summed E-state index contributed by atoms with van der Waals surface area (Å²) in [6, 6.07) is 14.7. The van der Waals surface area contributed by atoms with Gasteiger partial charge in [-0.25, -0.2) is 15.2 Å². The van der Waals surface area contributed by atoms with Crippen LogP contribution < -0.4 is 15.5 Å². The number of hydrazine groups is 1. The molecule has 0 radical (unpaired) electrons. The number of nitrogens with zero attached hydrogens (tertiary/aromatic N) is 1. The number of benzene rings is 2. The van der Waals surface area contributed by atoms with Gasteiger partial charge in [-0.2, -0.15) is 0 Å². The third kappa shape index (κ3) is 6.42. The van der Waals surface area contributed by atoms with Crippen LogP contribution in [0.15, 0.2) is 54.7 Å². The number of H-pyrrole nitrogens is 1. The molecule has 3 aromatic rings. The van der Waals surface area contributed by atoms with E-state index >= 15 is 0 Å². The number of aliphatic carboxylic acids is 1. The summed E-state index contributed by atoms with van der Waals surface area (Å²) in [5.41, 5.74) is 5.68. The molecule has 1 saturated heterocycles. The van der Waals surface area contributed by atoms with Crippen LogP contribution in [0.2, 0.25) is 0 Å². The maximum absolute atomic E-state index is 12.7. The molecule has 0 spiro atoms. The van der Waals surface area contributed by atoms with Crippen LogP contribution in [0, 0.1) is 0 Å². The highest BCUT2D eigenvalue weighted by atomic mass is 16.6. The maximum Gasteiger partial charge on any atom is 0.408 e. The molecule has 1 amide bonds. The van der Waals surface area contributed by atoms with Crippen LogP contribution in [0.3, 0.4) is 0 Å². The summed E-state index contributed by atoms with van der Waals surface area (Å²) in [6.45, 7) is 7.45. The standard InChI is InChI=1S/C28H36N4O5/c1-17(19-10-7-9-13-23(19)36-5)14-24(30-27(35)37-28(2,3)4)31-32-22(25(32)26(33)34)15-18-16-29-21-12-8-6-11-20(18)21/h6-13,16-17,22,24-25,29,31H,14-15H2,1-5H3,(H,30,35)(H,33,34)/t17?,22-,24?,25-,32?/m0/s1. The first-order valence-corrected chi connectivity index (χ1v) is 12.5. The number of fused-ring (bicyclic) bond motifs is 1. The van der Waals surface area contributed by atoms with Gasteiger partial charge in [0.25, 0.3) is 0 Å². The van der Waals surface area contributed by atoms with E-state index in [1.807, 2.05) is 61.7 Å². The number of nitrogens with one attached hydrogen (secondary N) is 3. The molecule has 198 valence electrons. The van der Waals surface area contributed by atoms with Crippen molar-refractivity contribution in [1.82, 2.24) is 20.7 Å². The fraction of sp³-hybridized carbons (Fsp3) is 0.429. The second kappa shape index (κ2) is 10.8. The lowest BCUT2D eigenvalue weighted by atomic mass is 9.95. The van der Waals surface area contributed by atoms with E-state index in [9.17, 15) is 14.7 Å². The van der Waals surface area contributed by atoms with Gasteiger partial charge < -0.3 is 24.9 Å². The zero-order valence-electron chi connectivity index (χ0n) is 21.9. The second-order valence-corrected chi connectivity index (χ2v) is 10.5. The van der Waals surface area contributed by atoms with Crippen LogP contribution in [0.25, 0.3) is 10.9 Å². The molecule has 3 unspecified atom stereocenters. The number of rotatable bonds is 10. The smallest absolute Gasteiger partial charge is 0.408 e. The van der Waals surface area contributed by atoms with Crippen LogP contribution in [0.4, 0.5) is 4.79 Å². The SMILES string of the molecule is COc1ccccc1C(C)CC(NC(=O)OC(C)(C)C)NN1[C@H](C(=O)O)[C@@H]1Cc1c[nH]c2ccccc12. The number of methoxy groups -OCH3 is 1. The molecule has 9 heteroatoms. The molecule has 4 rings (SSSR count). The Morgan fingerprint density at radius 3 is 2.54 bits per heavy atom. The van der Waals surface area contributed by atoms with Crippen LogP contribution in [-0.4, -0.2) is 58.1 Å². The first-order chi connectivity index (χ1) is 17.6. The molecule has 4 N–H and O–H groups in total. The van der Waals surface area contributed by atoms with Gasteiger partial charge in [-0.3, -0.25) is 4.79 Å². The van der Waals surface area contributed by atoms with Gasteiger partial charge in [-0.15, -0.1) is 0 Å². The van der Waals surface area contributed by atoms with Crippen molar-refractivity contribution in [2.75, 3.05) is 7.11 Å². The van der Waals surface area contributed by atoms with E-state index in [1.54, 1.807) is 32.9 Å². The molecule has 0 aliphatic carbocycles. The summed E-state index contributed by atoms with van der Waals surface area (Å²) in [7, 11) is 1.63. The van der Waals surface area contributed by atoms with Crippen molar-refractivity contribution in [2.24, 2.45) is 0 Å². The molecular formula is C28H36N4O5. The zero-order valence-corrected chi connectivity index (χ0v) is 21.9. The third-order valence-corrected chi connectivity index (χ3v) is 6.54. The molecule has 2 aromatic carbocycles. The van der Waals surface area contributed by atoms with Gasteiger partial charge in [0.05, 0.1) is 19.3 Å². The van der Waals surface area contributed by atoms with Crippen molar-refractivity contribution in [1.29, 1.82) is 0 Å². The fourth-order valence-corrected chi connectivity index (χ4v) is 4.80. The number of hydrogen-bond donors (Lipinski definition) is 4. The molecule has 1 aliphatic rings. The topological polar surface area (TPSA) is 116 Å². The van der Waals surface area contributed by atoms with E-state index in [0.29, 0.717) is 12.8 Å². The van der Waals surface area contributed by atoms with E-state index in [1.165, 1.54) is 0 Å².